The lowest BCUT2D eigenvalue weighted by Crippen LogP contribution is -2.27. The molecule has 24 heavy (non-hydrogen) atoms. The molecule has 1 heterocycles. The minimum absolute atomic E-state index is 0.0158. The Morgan fingerprint density at radius 1 is 1.25 bits per heavy atom. The molecule has 1 amide bonds. The van der Waals surface area contributed by atoms with Gasteiger partial charge in [-0.05, 0) is 41.5 Å². The zero-order chi connectivity index (χ0) is 17.1. The highest BCUT2D eigenvalue weighted by Crippen LogP contribution is 2.24. The average molecular weight is 324 g/mol. The number of carbonyl (C=O) groups is 1. The van der Waals surface area contributed by atoms with Crippen LogP contribution in [-0.2, 0) is 17.8 Å². The van der Waals surface area contributed by atoms with Gasteiger partial charge in [0, 0.05) is 30.7 Å². The van der Waals surface area contributed by atoms with Crippen molar-refractivity contribution in [2.75, 3.05) is 14.2 Å². The Balaban J connectivity index is 1.74. The lowest BCUT2D eigenvalue weighted by atomic mass is 10.1. The Morgan fingerprint density at radius 3 is 2.83 bits per heavy atom. The van der Waals surface area contributed by atoms with Crippen molar-refractivity contribution in [1.82, 2.24) is 9.88 Å². The van der Waals surface area contributed by atoms with Crippen molar-refractivity contribution in [2.45, 2.75) is 13.0 Å². The van der Waals surface area contributed by atoms with Gasteiger partial charge in [-0.1, -0.05) is 12.1 Å². The quantitative estimate of drug-likeness (QED) is 0.758. The fourth-order valence-electron chi connectivity index (χ4n) is 2.75. The number of aromatic hydroxyl groups is 1. The Kier molecular flexibility index (Phi) is 4.42. The molecule has 0 aliphatic heterocycles. The third-order valence-electron chi connectivity index (χ3n) is 4.07. The van der Waals surface area contributed by atoms with Gasteiger partial charge in [0.15, 0.2) is 0 Å². The van der Waals surface area contributed by atoms with Crippen molar-refractivity contribution < 1.29 is 14.6 Å². The zero-order valence-electron chi connectivity index (χ0n) is 13.7. The number of hydrogen-bond donors (Lipinski definition) is 2. The van der Waals surface area contributed by atoms with Crippen LogP contribution < -0.4 is 4.74 Å². The Hall–Kier alpha value is -2.95. The van der Waals surface area contributed by atoms with E-state index < -0.39 is 0 Å². The normalized spacial score (nSPS) is 10.8. The van der Waals surface area contributed by atoms with Gasteiger partial charge in [0.2, 0.25) is 5.91 Å². The molecule has 1 aromatic heterocycles. The number of hydrogen-bond acceptors (Lipinski definition) is 3. The van der Waals surface area contributed by atoms with Gasteiger partial charge in [0.1, 0.15) is 11.5 Å². The van der Waals surface area contributed by atoms with Crippen LogP contribution in [0.25, 0.3) is 10.9 Å². The molecule has 0 saturated heterocycles. The molecule has 0 spiro atoms. The summed E-state index contributed by atoms with van der Waals surface area (Å²) in [6.45, 7) is 0.457. The number of phenolic OH excluding ortho intramolecular Hbond substituents is 1. The third-order valence-corrected chi connectivity index (χ3v) is 4.07. The van der Waals surface area contributed by atoms with E-state index >= 15 is 0 Å². The molecule has 0 saturated carbocycles. The first-order valence-corrected chi connectivity index (χ1v) is 7.72. The van der Waals surface area contributed by atoms with Gasteiger partial charge in [0.05, 0.1) is 13.5 Å². The summed E-state index contributed by atoms with van der Waals surface area (Å²) in [5.74, 6) is 0.989. The molecule has 0 radical (unpaired) electrons. The van der Waals surface area contributed by atoms with E-state index in [9.17, 15) is 9.90 Å². The summed E-state index contributed by atoms with van der Waals surface area (Å²) in [5, 5.41) is 10.5. The molecule has 0 atom stereocenters. The van der Waals surface area contributed by atoms with Gasteiger partial charge < -0.3 is 19.7 Å². The lowest BCUT2D eigenvalue weighted by molar-refractivity contribution is -0.129. The molecule has 0 bridgehead atoms. The number of benzene rings is 2. The molecular formula is C19H20N2O3. The van der Waals surface area contributed by atoms with Gasteiger partial charge in [-0.15, -0.1) is 0 Å². The highest BCUT2D eigenvalue weighted by Gasteiger charge is 2.14. The van der Waals surface area contributed by atoms with Gasteiger partial charge in [-0.3, -0.25) is 4.79 Å². The first kappa shape index (κ1) is 15.9. The van der Waals surface area contributed by atoms with Gasteiger partial charge in [0.25, 0.3) is 0 Å². The van der Waals surface area contributed by atoms with Crippen molar-refractivity contribution in [2.24, 2.45) is 0 Å². The number of methoxy groups -OCH3 is 1. The maximum Gasteiger partial charge on any atom is 0.227 e. The number of fused-ring (bicyclic) bond motifs is 1. The second kappa shape index (κ2) is 6.66. The Labute approximate surface area is 140 Å². The molecule has 0 aliphatic carbocycles. The number of rotatable bonds is 5. The summed E-state index contributed by atoms with van der Waals surface area (Å²) in [4.78, 5) is 17.4. The standard InChI is InChI=1S/C19H20N2O3/c1-21(12-13-4-3-5-15(22)8-13)19(23)9-14-11-20-18-7-6-16(24-2)10-17(14)18/h3-8,10-11,20,22H,9,12H2,1-2H3. The molecule has 0 fully saturated rings. The fraction of sp³-hybridized carbons (Fsp3) is 0.211. The predicted octanol–water partition coefficient (Wildman–Crippen LogP) is 3.08. The Bertz CT molecular complexity index is 870. The number of carbonyl (C=O) groups excluding carboxylic acids is 1. The van der Waals surface area contributed by atoms with Crippen LogP contribution in [0.4, 0.5) is 0 Å². The van der Waals surface area contributed by atoms with Crippen molar-refractivity contribution in [3.63, 3.8) is 0 Å². The van der Waals surface area contributed by atoms with E-state index in [1.54, 1.807) is 37.3 Å². The maximum atomic E-state index is 12.5. The van der Waals surface area contributed by atoms with Crippen molar-refractivity contribution in [1.29, 1.82) is 0 Å². The van der Waals surface area contributed by atoms with Crippen LogP contribution in [0.2, 0.25) is 0 Å². The van der Waals surface area contributed by atoms with E-state index in [0.717, 1.165) is 27.8 Å². The Morgan fingerprint density at radius 2 is 2.08 bits per heavy atom. The van der Waals surface area contributed by atoms with Crippen molar-refractivity contribution in [3.05, 3.63) is 59.8 Å². The van der Waals surface area contributed by atoms with Crippen LogP contribution >= 0.6 is 0 Å². The minimum atomic E-state index is 0.0158. The SMILES string of the molecule is COc1ccc2[nH]cc(CC(=O)N(C)Cc3cccc(O)c3)c2c1. The fourth-order valence-corrected chi connectivity index (χ4v) is 2.75. The van der Waals surface area contributed by atoms with E-state index in [4.69, 9.17) is 4.74 Å². The van der Waals surface area contributed by atoms with Crippen LogP contribution in [0, 0.1) is 0 Å². The molecule has 2 N–H and O–H groups in total. The van der Waals surface area contributed by atoms with Gasteiger partial charge >= 0.3 is 0 Å². The highest BCUT2D eigenvalue weighted by atomic mass is 16.5. The van der Waals surface area contributed by atoms with Crippen molar-refractivity contribution in [3.8, 4) is 11.5 Å². The third kappa shape index (κ3) is 3.35. The molecule has 3 aromatic rings. The van der Waals surface area contributed by atoms with Crippen LogP contribution in [0.1, 0.15) is 11.1 Å². The minimum Gasteiger partial charge on any atom is -0.508 e. The number of aromatic nitrogens is 1. The molecule has 0 unspecified atom stereocenters. The predicted molar refractivity (Wildman–Crippen MR) is 93.1 cm³/mol. The van der Waals surface area contributed by atoms with Crippen LogP contribution in [0.15, 0.2) is 48.7 Å². The van der Waals surface area contributed by atoms with Gasteiger partial charge in [-0.2, -0.15) is 0 Å². The largest absolute Gasteiger partial charge is 0.508 e. The smallest absolute Gasteiger partial charge is 0.227 e. The molecule has 124 valence electrons. The summed E-state index contributed by atoms with van der Waals surface area (Å²) in [5.41, 5.74) is 2.82. The topological polar surface area (TPSA) is 65.6 Å². The van der Waals surface area contributed by atoms with E-state index in [2.05, 4.69) is 4.98 Å². The summed E-state index contributed by atoms with van der Waals surface area (Å²) in [7, 11) is 3.39. The van der Waals surface area contributed by atoms with E-state index in [1.165, 1.54) is 0 Å². The molecule has 2 aromatic carbocycles. The number of nitrogens with one attached hydrogen (secondary N) is 1. The number of ether oxygens (including phenoxy) is 1. The number of aromatic amines is 1. The monoisotopic (exact) mass is 324 g/mol. The van der Waals surface area contributed by atoms with Gasteiger partial charge in [-0.25, -0.2) is 0 Å². The first-order valence-electron chi connectivity index (χ1n) is 7.72. The number of amides is 1. The zero-order valence-corrected chi connectivity index (χ0v) is 13.7. The number of H-pyrrole nitrogens is 1. The van der Waals surface area contributed by atoms with Crippen LogP contribution in [-0.4, -0.2) is 35.1 Å². The van der Waals surface area contributed by atoms with Crippen LogP contribution in [0.3, 0.4) is 0 Å². The van der Waals surface area contributed by atoms with E-state index in [0.29, 0.717) is 13.0 Å². The maximum absolute atomic E-state index is 12.5. The second-order valence-electron chi connectivity index (χ2n) is 5.82. The van der Waals surface area contributed by atoms with Crippen molar-refractivity contribution >= 4 is 16.8 Å². The average Bonchev–Trinajstić information content (AvgIpc) is 2.97. The van der Waals surface area contributed by atoms with E-state index in [-0.39, 0.29) is 11.7 Å². The summed E-state index contributed by atoms with van der Waals surface area (Å²) in [6, 6.07) is 12.7. The lowest BCUT2D eigenvalue weighted by Gasteiger charge is -2.17. The van der Waals surface area contributed by atoms with Crippen LogP contribution in [0.5, 0.6) is 11.5 Å². The summed E-state index contributed by atoms with van der Waals surface area (Å²) >= 11 is 0. The first-order chi connectivity index (χ1) is 11.6. The molecular weight excluding hydrogens is 304 g/mol. The summed E-state index contributed by atoms with van der Waals surface area (Å²) in [6.07, 6.45) is 2.17. The molecule has 3 rings (SSSR count). The van der Waals surface area contributed by atoms with E-state index in [1.807, 2.05) is 30.5 Å². The molecule has 0 aliphatic rings. The highest BCUT2D eigenvalue weighted by molar-refractivity contribution is 5.89. The number of nitrogens with zero attached hydrogens (tertiary/aromatic N) is 1. The molecule has 5 nitrogen and oxygen atoms in total. The number of phenols is 1. The summed E-state index contributed by atoms with van der Waals surface area (Å²) < 4.78 is 5.26. The molecule has 5 heteroatoms. The second-order valence-corrected chi connectivity index (χ2v) is 5.82. The number of likely N-dealkylation sites (N-methyl/N-ethyl adjacent to an activating group) is 1.